The lowest BCUT2D eigenvalue weighted by molar-refractivity contribution is 0.0628. The molecule has 1 aliphatic rings. The topological polar surface area (TPSA) is 21.3 Å². The van der Waals surface area contributed by atoms with Gasteiger partial charge in [-0.2, -0.15) is 0 Å². The van der Waals surface area contributed by atoms with Crippen LogP contribution in [-0.4, -0.2) is 25.3 Å². The third-order valence-corrected chi connectivity index (χ3v) is 1.21. The van der Waals surface area contributed by atoms with Crippen LogP contribution in [0.5, 0.6) is 0 Å². The largest absolute Gasteiger partial charge is 0.378 e. The number of rotatable bonds is 0. The van der Waals surface area contributed by atoms with Gasteiger partial charge in [-0.25, -0.2) is 0 Å². The molecule has 8 heavy (non-hydrogen) atoms. The first-order valence-corrected chi connectivity index (χ1v) is 2.96. The molecule has 0 aromatic rings. The van der Waals surface area contributed by atoms with Crippen molar-refractivity contribution in [1.29, 1.82) is 0 Å². The second kappa shape index (κ2) is 2.46. The van der Waals surface area contributed by atoms with Crippen molar-refractivity contribution >= 4 is 0 Å². The van der Waals surface area contributed by atoms with E-state index in [1.807, 2.05) is 0 Å². The van der Waals surface area contributed by atoms with E-state index >= 15 is 0 Å². The summed E-state index contributed by atoms with van der Waals surface area (Å²) in [5, 5.41) is 3.24. The third kappa shape index (κ3) is 1.46. The molecule has 47 valence electrons. The van der Waals surface area contributed by atoms with Crippen molar-refractivity contribution in [3.8, 4) is 0 Å². The van der Waals surface area contributed by atoms with Crippen LogP contribution >= 0.6 is 0 Å². The van der Waals surface area contributed by atoms with Gasteiger partial charge >= 0.3 is 0 Å². The van der Waals surface area contributed by atoms with Crippen LogP contribution in [0.25, 0.3) is 0 Å². The molecule has 1 rings (SSSR count). The van der Waals surface area contributed by atoms with E-state index in [2.05, 4.69) is 19.2 Å². The van der Waals surface area contributed by atoms with Crippen molar-refractivity contribution in [2.75, 3.05) is 13.2 Å². The van der Waals surface area contributed by atoms with Crippen molar-refractivity contribution in [2.45, 2.75) is 19.0 Å². The van der Waals surface area contributed by atoms with Crippen LogP contribution in [0, 0.1) is 6.92 Å². The average molecular weight is 114 g/mol. The predicted molar refractivity (Wildman–Crippen MR) is 32.6 cm³/mol. The summed E-state index contributed by atoms with van der Waals surface area (Å²) in [5.41, 5.74) is 0. The van der Waals surface area contributed by atoms with Crippen LogP contribution in [0.1, 0.15) is 6.92 Å². The maximum Gasteiger partial charge on any atom is 0.0620 e. The summed E-state index contributed by atoms with van der Waals surface area (Å²) in [6.45, 7) is 7.49. The Morgan fingerprint density at radius 1 is 1.62 bits per heavy atom. The zero-order chi connectivity index (χ0) is 5.98. The Hall–Kier alpha value is -0.0800. The minimum atomic E-state index is 0.291. The Kier molecular flexibility index (Phi) is 1.86. The van der Waals surface area contributed by atoms with Gasteiger partial charge in [-0.3, -0.25) is 0 Å². The van der Waals surface area contributed by atoms with E-state index in [4.69, 9.17) is 4.74 Å². The Morgan fingerprint density at radius 3 is 2.75 bits per heavy atom. The molecule has 0 aromatic carbocycles. The second-order valence-corrected chi connectivity index (χ2v) is 2.30. The van der Waals surface area contributed by atoms with Gasteiger partial charge in [0.15, 0.2) is 0 Å². The Bertz CT molecular complexity index is 66.9. The maximum atomic E-state index is 5.17. The van der Waals surface area contributed by atoms with Gasteiger partial charge in [-0.05, 0) is 13.8 Å². The summed E-state index contributed by atoms with van der Waals surface area (Å²) in [5.74, 6) is 0. The molecule has 2 unspecified atom stereocenters. The standard InChI is InChI=1S/C6H12NO/c1-5-3-8-4-6(2)7-5/h5-7H,1,3-4H2,2H3. The SMILES string of the molecule is [CH2]C1COCC(C)N1. The fourth-order valence-corrected chi connectivity index (χ4v) is 0.886. The lowest BCUT2D eigenvalue weighted by Crippen LogP contribution is -2.45. The molecule has 1 fully saturated rings. The van der Waals surface area contributed by atoms with E-state index < -0.39 is 0 Å². The highest BCUT2D eigenvalue weighted by Crippen LogP contribution is 1.96. The number of morpholine rings is 1. The van der Waals surface area contributed by atoms with Crippen LogP contribution in [0.15, 0.2) is 0 Å². The smallest absolute Gasteiger partial charge is 0.0620 e. The first-order valence-electron chi connectivity index (χ1n) is 2.96. The zero-order valence-corrected chi connectivity index (χ0v) is 5.18. The van der Waals surface area contributed by atoms with Crippen molar-refractivity contribution < 1.29 is 4.74 Å². The van der Waals surface area contributed by atoms with E-state index in [0.29, 0.717) is 12.1 Å². The van der Waals surface area contributed by atoms with Crippen LogP contribution in [0.3, 0.4) is 0 Å². The van der Waals surface area contributed by atoms with Crippen molar-refractivity contribution in [2.24, 2.45) is 0 Å². The molecule has 2 atom stereocenters. The molecule has 0 saturated carbocycles. The lowest BCUT2D eigenvalue weighted by atomic mass is 10.2. The van der Waals surface area contributed by atoms with Crippen molar-refractivity contribution in [3.63, 3.8) is 0 Å². The highest BCUT2D eigenvalue weighted by molar-refractivity contribution is 4.76. The molecule has 0 aromatic heterocycles. The molecule has 2 heteroatoms. The van der Waals surface area contributed by atoms with E-state index in [0.717, 1.165) is 13.2 Å². The minimum absolute atomic E-state index is 0.291. The fourth-order valence-electron chi connectivity index (χ4n) is 0.886. The van der Waals surface area contributed by atoms with Gasteiger partial charge in [0, 0.05) is 12.1 Å². The molecule has 0 spiro atoms. The lowest BCUT2D eigenvalue weighted by Gasteiger charge is -2.25. The summed E-state index contributed by atoms with van der Waals surface area (Å²) in [6, 6.07) is 0.769. The highest BCUT2D eigenvalue weighted by atomic mass is 16.5. The minimum Gasteiger partial charge on any atom is -0.378 e. The molecule has 0 amide bonds. The van der Waals surface area contributed by atoms with Gasteiger partial charge in [-0.15, -0.1) is 0 Å². The van der Waals surface area contributed by atoms with Crippen LogP contribution < -0.4 is 5.32 Å². The van der Waals surface area contributed by atoms with Crippen LogP contribution in [0.2, 0.25) is 0 Å². The monoisotopic (exact) mass is 114 g/mol. The third-order valence-electron chi connectivity index (χ3n) is 1.21. The summed E-state index contributed by atoms with van der Waals surface area (Å²) in [7, 11) is 0. The zero-order valence-electron chi connectivity index (χ0n) is 5.18. The molecule has 1 heterocycles. The Labute approximate surface area is 50.2 Å². The van der Waals surface area contributed by atoms with Gasteiger partial charge in [0.25, 0.3) is 0 Å². The van der Waals surface area contributed by atoms with E-state index in [9.17, 15) is 0 Å². The number of ether oxygens (including phenoxy) is 1. The van der Waals surface area contributed by atoms with E-state index in [1.165, 1.54) is 0 Å². The Balaban J connectivity index is 2.23. The molecular formula is C6H12NO. The molecule has 1 saturated heterocycles. The fraction of sp³-hybridized carbons (Fsp3) is 0.833. The average Bonchev–Trinajstić information content (AvgIpc) is 1.64. The van der Waals surface area contributed by atoms with Gasteiger partial charge in [0.2, 0.25) is 0 Å². The highest BCUT2D eigenvalue weighted by Gasteiger charge is 2.12. The van der Waals surface area contributed by atoms with Gasteiger partial charge in [0.05, 0.1) is 13.2 Å². The Morgan fingerprint density at radius 2 is 2.38 bits per heavy atom. The molecule has 0 bridgehead atoms. The number of nitrogens with one attached hydrogen (secondary N) is 1. The predicted octanol–water partition coefficient (Wildman–Crippen LogP) is 0.197. The summed E-state index contributed by atoms with van der Waals surface area (Å²) in [4.78, 5) is 0. The van der Waals surface area contributed by atoms with E-state index in [-0.39, 0.29) is 0 Å². The van der Waals surface area contributed by atoms with Crippen LogP contribution in [-0.2, 0) is 4.74 Å². The van der Waals surface area contributed by atoms with E-state index in [1.54, 1.807) is 0 Å². The molecule has 1 aliphatic heterocycles. The molecule has 2 nitrogen and oxygen atoms in total. The van der Waals surface area contributed by atoms with Crippen molar-refractivity contribution in [3.05, 3.63) is 6.92 Å². The quantitative estimate of drug-likeness (QED) is 0.485. The first-order chi connectivity index (χ1) is 3.79. The number of hydrogen-bond acceptors (Lipinski definition) is 2. The summed E-state index contributed by atoms with van der Waals surface area (Å²) < 4.78 is 5.17. The normalized spacial score (nSPS) is 39.8. The second-order valence-electron chi connectivity index (χ2n) is 2.30. The molecule has 1 radical (unpaired) electrons. The van der Waals surface area contributed by atoms with Gasteiger partial charge < -0.3 is 10.1 Å². The summed E-state index contributed by atoms with van der Waals surface area (Å²) in [6.07, 6.45) is 0. The maximum absolute atomic E-state index is 5.17. The van der Waals surface area contributed by atoms with Gasteiger partial charge in [-0.1, -0.05) is 0 Å². The molecule has 1 N–H and O–H groups in total. The van der Waals surface area contributed by atoms with Gasteiger partial charge in [0.1, 0.15) is 0 Å². The number of hydrogen-bond donors (Lipinski definition) is 1. The van der Waals surface area contributed by atoms with Crippen molar-refractivity contribution in [1.82, 2.24) is 5.32 Å². The first kappa shape index (κ1) is 6.05. The molecule has 0 aliphatic carbocycles. The molecular weight excluding hydrogens is 102 g/mol. The van der Waals surface area contributed by atoms with Crippen LogP contribution in [0.4, 0.5) is 0 Å². The summed E-state index contributed by atoms with van der Waals surface area (Å²) >= 11 is 0.